The van der Waals surface area contributed by atoms with Crippen molar-refractivity contribution in [3.8, 4) is 5.75 Å². The lowest BCUT2D eigenvalue weighted by molar-refractivity contribution is 0.260. The van der Waals surface area contributed by atoms with Crippen LogP contribution < -0.4 is 4.74 Å². The smallest absolute Gasteiger partial charge is 0.253 e. The third kappa shape index (κ3) is 2.70. The Morgan fingerprint density at radius 3 is 2.60 bits per heavy atom. The van der Waals surface area contributed by atoms with Crippen LogP contribution in [0.5, 0.6) is 5.75 Å². The van der Waals surface area contributed by atoms with Gasteiger partial charge in [0.2, 0.25) is 5.89 Å². The molecule has 0 radical (unpaired) electrons. The second-order valence-electron chi connectivity index (χ2n) is 2.96. The third-order valence-corrected chi connectivity index (χ3v) is 2.00. The summed E-state index contributed by atoms with van der Waals surface area (Å²) in [4.78, 5) is 0. The van der Waals surface area contributed by atoms with E-state index in [9.17, 15) is 0 Å². The summed E-state index contributed by atoms with van der Waals surface area (Å²) in [5.41, 5.74) is 0. The van der Waals surface area contributed by atoms with Crippen molar-refractivity contribution in [3.05, 3.63) is 41.1 Å². The van der Waals surface area contributed by atoms with Crippen LogP contribution in [-0.4, -0.2) is 10.2 Å². The zero-order valence-corrected chi connectivity index (χ0v) is 8.86. The van der Waals surface area contributed by atoms with Crippen LogP contribution in [0.1, 0.15) is 11.8 Å². The SMILES string of the molecule is Cc1nnc(COc2ccc(Cl)cc2)o1. The molecular formula is C10H9ClN2O2. The minimum atomic E-state index is 0.266. The summed E-state index contributed by atoms with van der Waals surface area (Å²) in [5, 5.41) is 8.18. The zero-order valence-electron chi connectivity index (χ0n) is 8.11. The Morgan fingerprint density at radius 1 is 1.27 bits per heavy atom. The summed E-state index contributed by atoms with van der Waals surface area (Å²) in [6.45, 7) is 2.00. The van der Waals surface area contributed by atoms with Gasteiger partial charge in [-0.05, 0) is 24.3 Å². The van der Waals surface area contributed by atoms with Gasteiger partial charge in [-0.25, -0.2) is 0 Å². The van der Waals surface area contributed by atoms with Crippen molar-refractivity contribution in [1.29, 1.82) is 0 Å². The van der Waals surface area contributed by atoms with E-state index < -0.39 is 0 Å². The fourth-order valence-corrected chi connectivity index (χ4v) is 1.20. The third-order valence-electron chi connectivity index (χ3n) is 1.74. The van der Waals surface area contributed by atoms with E-state index in [1.165, 1.54) is 0 Å². The van der Waals surface area contributed by atoms with Gasteiger partial charge in [0.15, 0.2) is 6.61 Å². The summed E-state index contributed by atoms with van der Waals surface area (Å²) in [6.07, 6.45) is 0. The topological polar surface area (TPSA) is 48.2 Å². The summed E-state index contributed by atoms with van der Waals surface area (Å²) >= 11 is 5.74. The Bertz CT molecular complexity index is 439. The molecule has 0 aliphatic carbocycles. The van der Waals surface area contributed by atoms with Gasteiger partial charge in [0.1, 0.15) is 5.75 Å². The first-order valence-electron chi connectivity index (χ1n) is 4.41. The van der Waals surface area contributed by atoms with E-state index >= 15 is 0 Å². The average Bonchev–Trinajstić information content (AvgIpc) is 2.64. The van der Waals surface area contributed by atoms with Crippen LogP contribution in [0, 0.1) is 6.92 Å². The van der Waals surface area contributed by atoms with Crippen molar-refractivity contribution in [2.75, 3.05) is 0 Å². The normalized spacial score (nSPS) is 10.3. The van der Waals surface area contributed by atoms with E-state index in [0.29, 0.717) is 16.8 Å². The Labute approximate surface area is 91.8 Å². The number of rotatable bonds is 3. The lowest BCUT2D eigenvalue weighted by Crippen LogP contribution is -1.95. The van der Waals surface area contributed by atoms with Gasteiger partial charge >= 0.3 is 0 Å². The van der Waals surface area contributed by atoms with Crippen LogP contribution in [0.2, 0.25) is 5.02 Å². The molecule has 0 unspecified atom stereocenters. The van der Waals surface area contributed by atoms with Gasteiger partial charge in [0, 0.05) is 11.9 Å². The van der Waals surface area contributed by atoms with Crippen LogP contribution in [0.15, 0.2) is 28.7 Å². The number of nitrogens with zero attached hydrogens (tertiary/aromatic N) is 2. The van der Waals surface area contributed by atoms with E-state index in [2.05, 4.69) is 10.2 Å². The van der Waals surface area contributed by atoms with Crippen molar-refractivity contribution in [2.24, 2.45) is 0 Å². The molecule has 1 aromatic heterocycles. The van der Waals surface area contributed by atoms with Crippen LogP contribution in [0.3, 0.4) is 0 Å². The number of aromatic nitrogens is 2. The van der Waals surface area contributed by atoms with Gasteiger partial charge in [-0.1, -0.05) is 11.6 Å². The van der Waals surface area contributed by atoms with E-state index in [1.54, 1.807) is 31.2 Å². The number of hydrogen-bond donors (Lipinski definition) is 0. The number of benzene rings is 1. The fourth-order valence-electron chi connectivity index (χ4n) is 1.07. The number of hydrogen-bond acceptors (Lipinski definition) is 4. The molecule has 1 heterocycles. The quantitative estimate of drug-likeness (QED) is 0.804. The molecule has 5 heteroatoms. The van der Waals surface area contributed by atoms with Gasteiger partial charge in [-0.15, -0.1) is 10.2 Å². The second-order valence-corrected chi connectivity index (χ2v) is 3.39. The molecule has 0 spiro atoms. The molecule has 78 valence electrons. The molecule has 0 saturated carbocycles. The molecule has 0 aliphatic heterocycles. The molecule has 0 aliphatic rings. The first-order chi connectivity index (χ1) is 7.24. The molecule has 2 rings (SSSR count). The number of aryl methyl sites for hydroxylation is 1. The first kappa shape index (κ1) is 9.98. The lowest BCUT2D eigenvalue weighted by Gasteiger charge is -2.02. The zero-order chi connectivity index (χ0) is 10.7. The summed E-state index contributed by atoms with van der Waals surface area (Å²) in [7, 11) is 0. The molecule has 1 aromatic carbocycles. The van der Waals surface area contributed by atoms with Crippen molar-refractivity contribution >= 4 is 11.6 Å². The largest absolute Gasteiger partial charge is 0.484 e. The van der Waals surface area contributed by atoms with E-state index in [4.69, 9.17) is 20.8 Å². The standard InChI is InChI=1S/C10H9ClN2O2/c1-7-12-13-10(15-7)6-14-9-4-2-8(11)3-5-9/h2-5H,6H2,1H3. The van der Waals surface area contributed by atoms with Crippen LogP contribution in [0.4, 0.5) is 0 Å². The average molecular weight is 225 g/mol. The Balaban J connectivity index is 1.96. The highest BCUT2D eigenvalue weighted by Gasteiger charge is 2.02. The lowest BCUT2D eigenvalue weighted by atomic mass is 10.3. The second kappa shape index (κ2) is 4.31. The van der Waals surface area contributed by atoms with Crippen LogP contribution in [-0.2, 0) is 6.61 Å². The molecule has 0 amide bonds. The highest BCUT2D eigenvalue weighted by atomic mass is 35.5. The highest BCUT2D eigenvalue weighted by Crippen LogP contribution is 2.16. The minimum absolute atomic E-state index is 0.266. The van der Waals surface area contributed by atoms with Crippen molar-refractivity contribution in [3.63, 3.8) is 0 Å². The number of ether oxygens (including phenoxy) is 1. The molecule has 0 bridgehead atoms. The van der Waals surface area contributed by atoms with E-state index in [0.717, 1.165) is 5.75 Å². The van der Waals surface area contributed by atoms with Gasteiger partial charge in [-0.3, -0.25) is 0 Å². The molecule has 15 heavy (non-hydrogen) atoms. The minimum Gasteiger partial charge on any atom is -0.484 e. The molecule has 2 aromatic rings. The van der Waals surface area contributed by atoms with Crippen molar-refractivity contribution in [1.82, 2.24) is 10.2 Å². The molecule has 0 saturated heterocycles. The van der Waals surface area contributed by atoms with Gasteiger partial charge in [0.25, 0.3) is 5.89 Å². The molecule has 0 atom stereocenters. The maximum Gasteiger partial charge on any atom is 0.253 e. The van der Waals surface area contributed by atoms with Crippen LogP contribution >= 0.6 is 11.6 Å². The number of halogens is 1. The maximum absolute atomic E-state index is 5.74. The van der Waals surface area contributed by atoms with E-state index in [1.807, 2.05) is 0 Å². The van der Waals surface area contributed by atoms with Gasteiger partial charge in [-0.2, -0.15) is 0 Å². The van der Waals surface area contributed by atoms with Gasteiger partial charge < -0.3 is 9.15 Å². The molecule has 4 nitrogen and oxygen atoms in total. The van der Waals surface area contributed by atoms with E-state index in [-0.39, 0.29) is 6.61 Å². The van der Waals surface area contributed by atoms with Crippen LogP contribution in [0.25, 0.3) is 0 Å². The maximum atomic E-state index is 5.74. The predicted octanol–water partition coefficient (Wildman–Crippen LogP) is 2.61. The van der Waals surface area contributed by atoms with Crippen molar-refractivity contribution in [2.45, 2.75) is 13.5 Å². The summed E-state index contributed by atoms with van der Waals surface area (Å²) in [6, 6.07) is 7.09. The highest BCUT2D eigenvalue weighted by molar-refractivity contribution is 6.30. The first-order valence-corrected chi connectivity index (χ1v) is 4.79. The fraction of sp³-hybridized carbons (Fsp3) is 0.200. The molecular weight excluding hydrogens is 216 g/mol. The molecule has 0 fully saturated rings. The van der Waals surface area contributed by atoms with Crippen molar-refractivity contribution < 1.29 is 9.15 Å². The monoisotopic (exact) mass is 224 g/mol. The Hall–Kier alpha value is -1.55. The molecule has 0 N–H and O–H groups in total. The summed E-state index contributed by atoms with van der Waals surface area (Å²) in [5.74, 6) is 1.71. The Kier molecular flexibility index (Phi) is 2.87. The predicted molar refractivity (Wildman–Crippen MR) is 54.8 cm³/mol. The van der Waals surface area contributed by atoms with Gasteiger partial charge in [0.05, 0.1) is 0 Å². The summed E-state index contributed by atoms with van der Waals surface area (Å²) < 4.78 is 10.6. The Morgan fingerprint density at radius 2 is 2.00 bits per heavy atom.